The molecule has 2 nitrogen and oxygen atoms in total. The molecule has 6 heteroatoms. The van der Waals surface area contributed by atoms with Crippen molar-refractivity contribution >= 4 is 13.8 Å². The van der Waals surface area contributed by atoms with E-state index in [0.717, 1.165) is 0 Å². The number of hydrogen-bond acceptors (Lipinski definition) is 1. The number of halogens is 3. The van der Waals surface area contributed by atoms with Crippen molar-refractivity contribution in [2.75, 3.05) is 6.54 Å². The molecule has 0 atom stereocenters. The van der Waals surface area contributed by atoms with Gasteiger partial charge in [0.15, 0.2) is 0 Å². The number of amides is 1. The SMILES string of the molecule is [B]CCCNC(=O)C(F)(F)F. The number of carbonyl (C=O) groups excluding carboxylic acids is 1. The molecule has 0 heterocycles. The van der Waals surface area contributed by atoms with Gasteiger partial charge in [0, 0.05) is 6.54 Å². The molecule has 0 spiro atoms. The lowest BCUT2D eigenvalue weighted by molar-refractivity contribution is -0.173. The van der Waals surface area contributed by atoms with Gasteiger partial charge in [0.1, 0.15) is 0 Å². The second-order valence-electron chi connectivity index (χ2n) is 1.90. The number of nitrogens with one attached hydrogen (secondary N) is 1. The predicted molar refractivity (Wildman–Crippen MR) is 34.2 cm³/mol. The molecule has 0 aromatic heterocycles. The summed E-state index contributed by atoms with van der Waals surface area (Å²) >= 11 is 0. The Morgan fingerprint density at radius 1 is 1.45 bits per heavy atom. The van der Waals surface area contributed by atoms with Crippen LogP contribution in [-0.4, -0.2) is 26.5 Å². The van der Waals surface area contributed by atoms with Crippen LogP contribution in [0.2, 0.25) is 6.32 Å². The van der Waals surface area contributed by atoms with Gasteiger partial charge in [-0.25, -0.2) is 0 Å². The van der Waals surface area contributed by atoms with Gasteiger partial charge in [-0.1, -0.05) is 6.32 Å². The first-order chi connectivity index (χ1) is 4.98. The average molecular weight is 165 g/mol. The summed E-state index contributed by atoms with van der Waals surface area (Å²) in [6, 6.07) is 0. The first kappa shape index (κ1) is 10.3. The summed E-state index contributed by atoms with van der Waals surface area (Å²) in [5.41, 5.74) is 0. The number of hydrogen-bond donors (Lipinski definition) is 1. The first-order valence-electron chi connectivity index (χ1n) is 3.03. The molecule has 0 aliphatic carbocycles. The smallest absolute Gasteiger partial charge is 0.348 e. The molecular weight excluding hydrogens is 158 g/mol. The molecule has 0 saturated carbocycles. The molecule has 1 N–H and O–H groups in total. The van der Waals surface area contributed by atoms with Gasteiger partial charge in [0.2, 0.25) is 0 Å². The first-order valence-corrected chi connectivity index (χ1v) is 3.03. The molecule has 1 amide bonds. The Balaban J connectivity index is 3.54. The van der Waals surface area contributed by atoms with Crippen LogP contribution in [0.5, 0.6) is 0 Å². The third-order valence-electron chi connectivity index (χ3n) is 0.924. The number of rotatable bonds is 3. The molecule has 0 aliphatic heterocycles. The van der Waals surface area contributed by atoms with Crippen LogP contribution >= 0.6 is 0 Å². The highest BCUT2D eigenvalue weighted by Gasteiger charge is 2.37. The fraction of sp³-hybridized carbons (Fsp3) is 0.800. The van der Waals surface area contributed by atoms with Crippen molar-refractivity contribution in [2.45, 2.75) is 18.9 Å². The number of alkyl halides is 3. The lowest BCUT2D eigenvalue weighted by atomic mass is 10.0. The summed E-state index contributed by atoms with van der Waals surface area (Å²) in [5.74, 6) is -1.91. The molecule has 0 saturated heterocycles. The van der Waals surface area contributed by atoms with Gasteiger partial charge in [-0.3, -0.25) is 4.79 Å². The van der Waals surface area contributed by atoms with Crippen LogP contribution in [0.25, 0.3) is 0 Å². The lowest BCUT2D eigenvalue weighted by Crippen LogP contribution is -2.37. The van der Waals surface area contributed by atoms with E-state index >= 15 is 0 Å². The zero-order chi connectivity index (χ0) is 8.91. The Morgan fingerprint density at radius 3 is 2.36 bits per heavy atom. The van der Waals surface area contributed by atoms with Gasteiger partial charge in [0.25, 0.3) is 0 Å². The van der Waals surface area contributed by atoms with Gasteiger partial charge in [0.05, 0.1) is 7.85 Å². The molecule has 0 rings (SSSR count). The maximum absolute atomic E-state index is 11.4. The van der Waals surface area contributed by atoms with E-state index in [9.17, 15) is 18.0 Å². The Kier molecular flexibility index (Phi) is 3.99. The van der Waals surface area contributed by atoms with Crippen LogP contribution in [-0.2, 0) is 4.79 Å². The van der Waals surface area contributed by atoms with Crippen LogP contribution in [0, 0.1) is 0 Å². The summed E-state index contributed by atoms with van der Waals surface area (Å²) < 4.78 is 34.3. The Morgan fingerprint density at radius 2 is 2.00 bits per heavy atom. The third kappa shape index (κ3) is 4.69. The van der Waals surface area contributed by atoms with Crippen molar-refractivity contribution in [3.8, 4) is 0 Å². The summed E-state index contributed by atoms with van der Waals surface area (Å²) in [6.07, 6.45) is -4.17. The Hall–Kier alpha value is -0.675. The molecule has 11 heavy (non-hydrogen) atoms. The molecule has 0 aromatic rings. The molecule has 0 fully saturated rings. The summed E-state index contributed by atoms with van der Waals surface area (Å²) in [7, 11) is 4.99. The van der Waals surface area contributed by atoms with Gasteiger partial charge < -0.3 is 5.32 Å². The molecular formula is C5H7BF3NO. The van der Waals surface area contributed by atoms with Crippen molar-refractivity contribution < 1.29 is 18.0 Å². The normalized spacial score (nSPS) is 11.2. The molecule has 0 aliphatic rings. The highest BCUT2D eigenvalue weighted by Crippen LogP contribution is 2.13. The largest absolute Gasteiger partial charge is 0.471 e. The van der Waals surface area contributed by atoms with Gasteiger partial charge >= 0.3 is 12.1 Å². The maximum atomic E-state index is 11.4. The van der Waals surface area contributed by atoms with Gasteiger partial charge in [-0.15, -0.1) is 0 Å². The second-order valence-corrected chi connectivity index (χ2v) is 1.90. The highest BCUT2D eigenvalue weighted by atomic mass is 19.4. The topological polar surface area (TPSA) is 29.1 Å². The molecule has 0 bridgehead atoms. The van der Waals surface area contributed by atoms with Gasteiger partial charge in [-0.2, -0.15) is 13.2 Å². The van der Waals surface area contributed by atoms with E-state index in [4.69, 9.17) is 7.85 Å². The molecule has 0 aromatic carbocycles. The highest BCUT2D eigenvalue weighted by molar-refractivity contribution is 6.08. The summed E-state index contributed by atoms with van der Waals surface area (Å²) in [5, 5.41) is 1.68. The lowest BCUT2D eigenvalue weighted by Gasteiger charge is -2.06. The Labute approximate surface area is 63.6 Å². The van der Waals surface area contributed by atoms with Crippen LogP contribution in [0.1, 0.15) is 6.42 Å². The minimum absolute atomic E-state index is 0.0329. The van der Waals surface area contributed by atoms with E-state index in [1.54, 1.807) is 5.32 Å². The maximum Gasteiger partial charge on any atom is 0.471 e. The standard InChI is InChI=1S/C5H7BF3NO/c6-2-1-3-10-4(11)5(7,8)9/h1-3H2,(H,10,11). The monoisotopic (exact) mass is 165 g/mol. The van der Waals surface area contributed by atoms with Crippen molar-refractivity contribution in [3.05, 3.63) is 0 Å². The molecule has 62 valence electrons. The molecule has 2 radical (unpaired) electrons. The van der Waals surface area contributed by atoms with Crippen LogP contribution in [0.4, 0.5) is 13.2 Å². The zero-order valence-electron chi connectivity index (χ0n) is 5.74. The predicted octanol–water partition coefficient (Wildman–Crippen LogP) is 0.642. The molecule has 0 unspecified atom stereocenters. The minimum atomic E-state index is -4.78. The minimum Gasteiger partial charge on any atom is -0.348 e. The van der Waals surface area contributed by atoms with Crippen molar-refractivity contribution in [1.82, 2.24) is 5.32 Å². The van der Waals surface area contributed by atoms with E-state index in [-0.39, 0.29) is 12.9 Å². The third-order valence-corrected chi connectivity index (χ3v) is 0.924. The Bertz CT molecular complexity index is 136. The summed E-state index contributed by atoms with van der Waals surface area (Å²) in [6.45, 7) is -0.0329. The fourth-order valence-electron chi connectivity index (χ4n) is 0.404. The summed E-state index contributed by atoms with van der Waals surface area (Å²) in [4.78, 5) is 10.1. The number of carbonyl (C=O) groups is 1. The van der Waals surface area contributed by atoms with Crippen LogP contribution in [0.3, 0.4) is 0 Å². The van der Waals surface area contributed by atoms with E-state index in [1.807, 2.05) is 0 Å². The average Bonchev–Trinajstić information content (AvgIpc) is 1.86. The van der Waals surface area contributed by atoms with Crippen molar-refractivity contribution in [2.24, 2.45) is 0 Å². The van der Waals surface area contributed by atoms with Crippen molar-refractivity contribution in [3.63, 3.8) is 0 Å². The van der Waals surface area contributed by atoms with Crippen LogP contribution in [0.15, 0.2) is 0 Å². The fourth-order valence-corrected chi connectivity index (χ4v) is 0.404. The van der Waals surface area contributed by atoms with Gasteiger partial charge in [-0.05, 0) is 6.42 Å². The van der Waals surface area contributed by atoms with Crippen molar-refractivity contribution in [1.29, 1.82) is 0 Å². The van der Waals surface area contributed by atoms with E-state index in [0.29, 0.717) is 6.42 Å². The van der Waals surface area contributed by atoms with E-state index < -0.39 is 12.1 Å². The van der Waals surface area contributed by atoms with E-state index in [1.165, 1.54) is 0 Å². The van der Waals surface area contributed by atoms with E-state index in [2.05, 4.69) is 0 Å². The van der Waals surface area contributed by atoms with Crippen LogP contribution < -0.4 is 5.32 Å². The second kappa shape index (κ2) is 4.25. The zero-order valence-corrected chi connectivity index (χ0v) is 5.74. The quantitative estimate of drug-likeness (QED) is 0.482.